The highest BCUT2D eigenvalue weighted by Crippen LogP contribution is 2.08. The van der Waals surface area contributed by atoms with E-state index in [1.54, 1.807) is 24.3 Å². The lowest BCUT2D eigenvalue weighted by Gasteiger charge is -1.99. The molecule has 0 bridgehead atoms. The first-order valence-corrected chi connectivity index (χ1v) is 3.55. The molecule has 0 heterocycles. The predicted octanol–water partition coefficient (Wildman–Crippen LogP) is 1.98. The first-order chi connectivity index (χ1) is 5.83. The Balaban J connectivity index is 2.52. The molecule has 0 saturated heterocycles. The summed E-state index contributed by atoms with van der Waals surface area (Å²) in [6.07, 6.45) is 2.66. The number of carbonyl (C=O) groups excluding carboxylic acids is 1. The minimum Gasteiger partial charge on any atom is -0.426 e. The highest BCUT2D eigenvalue weighted by atomic mass is 16.5. The molecule has 0 unspecified atom stereocenters. The summed E-state index contributed by atoms with van der Waals surface area (Å²) in [7, 11) is 0. The Labute approximate surface area is 71.5 Å². The summed E-state index contributed by atoms with van der Waals surface area (Å²) in [5, 5.41) is 0. The third-order valence-corrected chi connectivity index (χ3v) is 1.22. The van der Waals surface area contributed by atoms with E-state index in [0.29, 0.717) is 5.75 Å². The molecule has 1 aromatic carbocycles. The van der Waals surface area contributed by atoms with Crippen LogP contribution < -0.4 is 4.74 Å². The molecule has 2 heteroatoms. The lowest BCUT2D eigenvalue weighted by Crippen LogP contribution is -2.06. The van der Waals surface area contributed by atoms with Gasteiger partial charge in [0.15, 0.2) is 0 Å². The monoisotopic (exact) mass is 161 g/mol. The normalized spacial score (nSPS) is 9.00. The van der Waals surface area contributed by atoms with Crippen LogP contribution in [-0.2, 0) is 4.79 Å². The summed E-state index contributed by atoms with van der Waals surface area (Å²) >= 11 is 0. The van der Waals surface area contributed by atoms with Crippen molar-refractivity contribution in [2.24, 2.45) is 0 Å². The number of benzene rings is 1. The van der Waals surface area contributed by atoms with E-state index in [2.05, 4.69) is 6.58 Å². The zero-order chi connectivity index (χ0) is 8.81. The molecule has 0 aliphatic carbocycles. The summed E-state index contributed by atoms with van der Waals surface area (Å²) < 4.78 is 4.89. The van der Waals surface area contributed by atoms with Gasteiger partial charge in [0.25, 0.3) is 0 Å². The summed E-state index contributed by atoms with van der Waals surface area (Å²) in [5.41, 5.74) is 0. The lowest BCUT2D eigenvalue weighted by molar-refractivity contribution is -0.130. The van der Waals surface area contributed by atoms with Crippen molar-refractivity contribution in [3.05, 3.63) is 49.4 Å². The van der Waals surface area contributed by atoms with Gasteiger partial charge in [-0.15, -0.1) is 6.58 Å². The Hall–Kier alpha value is -1.57. The van der Waals surface area contributed by atoms with Crippen molar-refractivity contribution in [1.82, 2.24) is 0 Å². The van der Waals surface area contributed by atoms with E-state index in [4.69, 9.17) is 4.74 Å². The van der Waals surface area contributed by atoms with Crippen LogP contribution in [0.5, 0.6) is 5.75 Å². The van der Waals surface area contributed by atoms with Crippen LogP contribution in [0.4, 0.5) is 0 Å². The van der Waals surface area contributed by atoms with Gasteiger partial charge in [-0.3, -0.25) is 4.79 Å². The van der Waals surface area contributed by atoms with Crippen LogP contribution in [0.2, 0.25) is 0 Å². The van der Waals surface area contributed by atoms with Crippen LogP contribution in [-0.4, -0.2) is 5.97 Å². The maximum Gasteiger partial charge on any atom is 0.319 e. The first-order valence-electron chi connectivity index (χ1n) is 3.55. The standard InChI is InChI=1S/C10H9O2/c1-2-6-10(11)12-9-7-4-3-5-8-9/h2-8H,1H2. The van der Waals surface area contributed by atoms with Gasteiger partial charge in [-0.05, 0) is 12.1 Å². The van der Waals surface area contributed by atoms with Crippen molar-refractivity contribution in [3.63, 3.8) is 0 Å². The molecule has 0 spiro atoms. The molecule has 0 fully saturated rings. The van der Waals surface area contributed by atoms with E-state index in [-0.39, 0.29) is 0 Å². The Morgan fingerprint density at radius 3 is 2.58 bits per heavy atom. The summed E-state index contributed by atoms with van der Waals surface area (Å²) in [6.45, 7) is 3.39. The van der Waals surface area contributed by atoms with Gasteiger partial charge in [0, 0.05) is 0 Å². The number of hydrogen-bond donors (Lipinski definition) is 0. The molecule has 1 rings (SSSR count). The molecular formula is C10H9O2. The molecule has 0 aliphatic rings. The van der Waals surface area contributed by atoms with Gasteiger partial charge in [-0.25, -0.2) is 0 Å². The highest BCUT2D eigenvalue weighted by Gasteiger charge is 2.00. The van der Waals surface area contributed by atoms with E-state index >= 15 is 0 Å². The molecule has 0 saturated carbocycles. The van der Waals surface area contributed by atoms with Crippen LogP contribution in [0.25, 0.3) is 0 Å². The fourth-order valence-electron chi connectivity index (χ4n) is 0.735. The Kier molecular flexibility index (Phi) is 3.08. The molecule has 12 heavy (non-hydrogen) atoms. The minimum absolute atomic E-state index is 0.406. The number of esters is 1. The molecule has 0 aromatic heterocycles. The van der Waals surface area contributed by atoms with Crippen LogP contribution in [0, 0.1) is 6.42 Å². The summed E-state index contributed by atoms with van der Waals surface area (Å²) in [5.74, 6) is 0.136. The van der Waals surface area contributed by atoms with E-state index in [0.717, 1.165) is 0 Å². The topological polar surface area (TPSA) is 26.3 Å². The van der Waals surface area contributed by atoms with Gasteiger partial charge in [-0.2, -0.15) is 0 Å². The second-order valence-electron chi connectivity index (χ2n) is 2.14. The van der Waals surface area contributed by atoms with Crippen molar-refractivity contribution in [2.75, 3.05) is 0 Å². The molecule has 2 nitrogen and oxygen atoms in total. The Morgan fingerprint density at radius 2 is 2.00 bits per heavy atom. The third-order valence-electron chi connectivity index (χ3n) is 1.22. The molecule has 0 amide bonds. The summed E-state index contributed by atoms with van der Waals surface area (Å²) in [6, 6.07) is 8.89. The number of hydrogen-bond acceptors (Lipinski definition) is 2. The number of rotatable bonds is 3. The Morgan fingerprint density at radius 1 is 1.33 bits per heavy atom. The quantitative estimate of drug-likeness (QED) is 0.500. The summed E-state index contributed by atoms with van der Waals surface area (Å²) in [4.78, 5) is 10.9. The molecular weight excluding hydrogens is 152 g/mol. The second kappa shape index (κ2) is 4.34. The van der Waals surface area contributed by atoms with E-state index in [1.165, 1.54) is 12.5 Å². The van der Waals surface area contributed by atoms with Gasteiger partial charge in [0.05, 0.1) is 6.42 Å². The van der Waals surface area contributed by atoms with Crippen LogP contribution in [0.3, 0.4) is 0 Å². The maximum absolute atomic E-state index is 10.9. The van der Waals surface area contributed by atoms with Crippen molar-refractivity contribution >= 4 is 5.97 Å². The van der Waals surface area contributed by atoms with E-state index < -0.39 is 5.97 Å². The van der Waals surface area contributed by atoms with Gasteiger partial charge in [0.1, 0.15) is 5.75 Å². The average Bonchev–Trinajstić information content (AvgIpc) is 2.06. The maximum atomic E-state index is 10.9. The average molecular weight is 161 g/mol. The molecule has 0 atom stereocenters. The highest BCUT2D eigenvalue weighted by molar-refractivity contribution is 5.83. The largest absolute Gasteiger partial charge is 0.426 e. The van der Waals surface area contributed by atoms with Crippen molar-refractivity contribution in [2.45, 2.75) is 0 Å². The van der Waals surface area contributed by atoms with Crippen LogP contribution in [0.1, 0.15) is 0 Å². The zero-order valence-electron chi connectivity index (χ0n) is 6.57. The van der Waals surface area contributed by atoms with E-state index in [9.17, 15) is 4.79 Å². The number of para-hydroxylation sites is 1. The van der Waals surface area contributed by atoms with Gasteiger partial charge >= 0.3 is 5.97 Å². The first kappa shape index (κ1) is 8.53. The van der Waals surface area contributed by atoms with Gasteiger partial charge < -0.3 is 4.74 Å². The lowest BCUT2D eigenvalue weighted by atomic mass is 10.3. The Bertz CT molecular complexity index is 264. The van der Waals surface area contributed by atoms with Crippen LogP contribution >= 0.6 is 0 Å². The molecule has 1 radical (unpaired) electrons. The zero-order valence-corrected chi connectivity index (χ0v) is 6.57. The minimum atomic E-state index is -0.406. The molecule has 0 N–H and O–H groups in total. The third kappa shape index (κ3) is 2.58. The molecule has 0 aliphatic heterocycles. The molecule has 61 valence electrons. The van der Waals surface area contributed by atoms with Crippen molar-refractivity contribution in [3.8, 4) is 5.75 Å². The fraction of sp³-hybridized carbons (Fsp3) is 0. The SMILES string of the molecule is C=C[CH]C(=O)Oc1ccccc1. The van der Waals surface area contributed by atoms with Crippen molar-refractivity contribution < 1.29 is 9.53 Å². The predicted molar refractivity (Wildman–Crippen MR) is 46.6 cm³/mol. The fourth-order valence-corrected chi connectivity index (χ4v) is 0.735. The smallest absolute Gasteiger partial charge is 0.319 e. The number of ether oxygens (including phenoxy) is 1. The van der Waals surface area contributed by atoms with Gasteiger partial charge in [-0.1, -0.05) is 24.3 Å². The van der Waals surface area contributed by atoms with Gasteiger partial charge in [0.2, 0.25) is 0 Å². The van der Waals surface area contributed by atoms with Crippen molar-refractivity contribution in [1.29, 1.82) is 0 Å². The van der Waals surface area contributed by atoms with Crippen LogP contribution in [0.15, 0.2) is 43.0 Å². The second-order valence-corrected chi connectivity index (χ2v) is 2.14. The number of carbonyl (C=O) groups is 1. The molecule has 1 aromatic rings. The van der Waals surface area contributed by atoms with E-state index in [1.807, 2.05) is 6.07 Å².